The summed E-state index contributed by atoms with van der Waals surface area (Å²) >= 11 is 0. The van der Waals surface area contributed by atoms with Crippen molar-refractivity contribution in [1.29, 1.82) is 0 Å². The van der Waals surface area contributed by atoms with E-state index in [4.69, 9.17) is 16.2 Å². The molecule has 2 aromatic heterocycles. The topological polar surface area (TPSA) is 145 Å². The molecule has 3 heterocycles. The van der Waals surface area contributed by atoms with Crippen LogP contribution in [0.5, 0.6) is 5.75 Å². The second-order valence-corrected chi connectivity index (χ2v) is 8.28. The molecule has 0 saturated carbocycles. The number of rotatable bonds is 6. The molecule has 1 amide bonds. The van der Waals surface area contributed by atoms with Crippen molar-refractivity contribution in [2.24, 2.45) is 11.5 Å². The number of nitrogens with one attached hydrogen (secondary N) is 2. The van der Waals surface area contributed by atoms with Crippen LogP contribution in [0.3, 0.4) is 0 Å². The zero-order valence-electron chi connectivity index (χ0n) is 15.8. The summed E-state index contributed by atoms with van der Waals surface area (Å²) in [5.41, 5.74) is 13.5. The molecular weight excluding hydrogens is 380 g/mol. The highest BCUT2D eigenvalue weighted by molar-refractivity contribution is 7.85. The molecule has 10 heteroatoms. The van der Waals surface area contributed by atoms with Gasteiger partial charge >= 0.3 is 0 Å². The van der Waals surface area contributed by atoms with Crippen LogP contribution in [0.4, 0.5) is 17.2 Å². The van der Waals surface area contributed by atoms with Gasteiger partial charge in [0.1, 0.15) is 11.6 Å². The van der Waals surface area contributed by atoms with Gasteiger partial charge in [-0.3, -0.25) is 9.00 Å². The van der Waals surface area contributed by atoms with Crippen molar-refractivity contribution < 1.29 is 13.7 Å². The Morgan fingerprint density at radius 1 is 1.36 bits per heavy atom. The minimum atomic E-state index is -0.896. The highest BCUT2D eigenvalue weighted by Gasteiger charge is 2.26. The number of amides is 1. The summed E-state index contributed by atoms with van der Waals surface area (Å²) in [6, 6.07) is 4.97. The lowest BCUT2D eigenvalue weighted by Gasteiger charge is -2.29. The van der Waals surface area contributed by atoms with Crippen molar-refractivity contribution in [3.05, 3.63) is 35.8 Å². The molecule has 1 saturated heterocycles. The number of anilines is 3. The number of methoxy groups -OCH3 is 1. The molecule has 0 aliphatic carbocycles. The molecule has 9 nitrogen and oxygen atoms in total. The van der Waals surface area contributed by atoms with E-state index in [0.717, 1.165) is 5.69 Å². The van der Waals surface area contributed by atoms with Gasteiger partial charge in [-0.2, -0.15) is 0 Å². The van der Waals surface area contributed by atoms with E-state index in [2.05, 4.69) is 20.6 Å². The largest absolute Gasteiger partial charge is 0.497 e. The van der Waals surface area contributed by atoms with Crippen molar-refractivity contribution >= 4 is 33.9 Å². The number of pyridine rings is 2. The van der Waals surface area contributed by atoms with E-state index in [1.807, 2.05) is 6.92 Å². The molecule has 0 radical (unpaired) electrons. The predicted molar refractivity (Wildman–Crippen MR) is 109 cm³/mol. The van der Waals surface area contributed by atoms with E-state index in [1.165, 1.54) is 6.20 Å². The number of primary amides is 1. The molecule has 1 fully saturated rings. The van der Waals surface area contributed by atoms with Crippen molar-refractivity contribution in [1.82, 2.24) is 9.97 Å². The summed E-state index contributed by atoms with van der Waals surface area (Å²) in [7, 11) is 0.670. The summed E-state index contributed by atoms with van der Waals surface area (Å²) in [5, 5.41) is 6.35. The van der Waals surface area contributed by atoms with E-state index in [-0.39, 0.29) is 17.8 Å². The summed E-state index contributed by atoms with van der Waals surface area (Å²) in [6.07, 6.45) is 2.20. The van der Waals surface area contributed by atoms with Gasteiger partial charge < -0.3 is 26.8 Å². The fourth-order valence-corrected chi connectivity index (χ4v) is 4.46. The van der Waals surface area contributed by atoms with Gasteiger partial charge in [-0.05, 0) is 19.4 Å². The Morgan fingerprint density at radius 3 is 2.86 bits per heavy atom. The fourth-order valence-electron chi connectivity index (χ4n) is 3.03. The minimum absolute atomic E-state index is 0.0874. The number of ether oxygens (including phenoxy) is 1. The first-order valence-corrected chi connectivity index (χ1v) is 10.3. The van der Waals surface area contributed by atoms with Crippen LogP contribution in [0.2, 0.25) is 0 Å². The van der Waals surface area contributed by atoms with E-state index in [9.17, 15) is 9.00 Å². The Hall–Kier alpha value is -2.72. The Morgan fingerprint density at radius 2 is 2.14 bits per heavy atom. The molecule has 1 aliphatic heterocycles. The van der Waals surface area contributed by atoms with E-state index in [1.54, 1.807) is 25.3 Å². The van der Waals surface area contributed by atoms with Gasteiger partial charge in [0.15, 0.2) is 5.69 Å². The number of carbonyl (C=O) groups excluding carboxylic acids is 1. The molecule has 3 rings (SSSR count). The van der Waals surface area contributed by atoms with Crippen molar-refractivity contribution in [3.63, 3.8) is 0 Å². The number of aromatic nitrogens is 2. The summed E-state index contributed by atoms with van der Waals surface area (Å²) in [6.45, 7) is 1.84. The molecule has 6 N–H and O–H groups in total. The molecule has 3 unspecified atom stereocenters. The lowest BCUT2D eigenvalue weighted by atomic mass is 10.1. The number of carbonyl (C=O) groups is 1. The van der Waals surface area contributed by atoms with E-state index < -0.39 is 16.7 Å². The average molecular weight is 404 g/mol. The zero-order chi connectivity index (χ0) is 20.3. The third-order valence-electron chi connectivity index (χ3n) is 4.46. The summed E-state index contributed by atoms with van der Waals surface area (Å²) in [5.74, 6) is 1.55. The number of nitrogens with two attached hydrogens (primary N) is 2. The maximum Gasteiger partial charge on any atom is 0.269 e. The maximum absolute atomic E-state index is 11.9. The summed E-state index contributed by atoms with van der Waals surface area (Å²) < 4.78 is 17.1. The van der Waals surface area contributed by atoms with Crippen molar-refractivity contribution in [3.8, 4) is 5.75 Å². The lowest BCUT2D eigenvalue weighted by molar-refractivity contribution is 0.0996. The second kappa shape index (κ2) is 8.53. The van der Waals surface area contributed by atoms with Crippen LogP contribution < -0.4 is 26.8 Å². The maximum atomic E-state index is 11.9. The van der Waals surface area contributed by atoms with Crippen LogP contribution in [0.15, 0.2) is 24.4 Å². The first-order valence-electron chi connectivity index (χ1n) is 8.82. The number of hydrogen-bond donors (Lipinski definition) is 4. The van der Waals surface area contributed by atoms with Crippen LogP contribution in [0.1, 0.15) is 22.6 Å². The van der Waals surface area contributed by atoms with Crippen LogP contribution in [0, 0.1) is 6.92 Å². The van der Waals surface area contributed by atoms with Crippen LogP contribution >= 0.6 is 0 Å². The molecule has 1 aliphatic rings. The average Bonchev–Trinajstić information content (AvgIpc) is 2.64. The highest BCUT2D eigenvalue weighted by Crippen LogP contribution is 2.25. The van der Waals surface area contributed by atoms with Crippen molar-refractivity contribution in [2.45, 2.75) is 25.4 Å². The lowest BCUT2D eigenvalue weighted by Crippen LogP contribution is -2.48. The smallest absolute Gasteiger partial charge is 0.269 e. The van der Waals surface area contributed by atoms with Gasteiger partial charge in [0.25, 0.3) is 5.91 Å². The first-order chi connectivity index (χ1) is 13.4. The quantitative estimate of drug-likeness (QED) is 0.555. The molecule has 0 bridgehead atoms. The van der Waals surface area contributed by atoms with Gasteiger partial charge in [0.05, 0.1) is 30.7 Å². The van der Waals surface area contributed by atoms with E-state index >= 15 is 0 Å². The van der Waals surface area contributed by atoms with Gasteiger partial charge in [-0.25, -0.2) is 9.97 Å². The SMILES string of the molecule is COc1cc(C)nc(Nc2cc(NC3CS(=O)CCC3N)cnc2C(N)=O)c1. The number of aryl methyl sites for hydroxylation is 1. The van der Waals surface area contributed by atoms with Gasteiger partial charge in [0, 0.05) is 46.2 Å². The standard InChI is InChI=1S/C18H24N6O3S/c1-10-5-12(27-2)7-16(22-10)24-14-6-11(8-21-17(14)18(20)25)23-15-9-28(26)4-3-13(15)19/h5-8,13,15,23H,3-4,9,19H2,1-2H3,(H2,20,25)(H,22,24). The third-order valence-corrected chi connectivity index (χ3v) is 5.88. The Labute approximate surface area is 165 Å². The molecule has 0 aromatic carbocycles. The summed E-state index contributed by atoms with van der Waals surface area (Å²) in [4.78, 5) is 20.4. The minimum Gasteiger partial charge on any atom is -0.497 e. The molecule has 150 valence electrons. The molecular formula is C18H24N6O3S. The normalized spacial score (nSPS) is 21.8. The second-order valence-electron chi connectivity index (χ2n) is 6.66. The van der Waals surface area contributed by atoms with Crippen LogP contribution in [-0.2, 0) is 10.8 Å². The number of hydrogen-bond acceptors (Lipinski definition) is 8. The Balaban J connectivity index is 1.88. The Bertz CT molecular complexity index is 907. The van der Waals surface area contributed by atoms with Gasteiger partial charge in [-0.1, -0.05) is 0 Å². The molecule has 3 atom stereocenters. The molecule has 0 spiro atoms. The van der Waals surface area contributed by atoms with Crippen molar-refractivity contribution in [2.75, 3.05) is 29.2 Å². The predicted octanol–water partition coefficient (Wildman–Crippen LogP) is 0.896. The fraction of sp³-hybridized carbons (Fsp3) is 0.389. The molecule has 2 aromatic rings. The van der Waals surface area contributed by atoms with Gasteiger partial charge in [-0.15, -0.1) is 0 Å². The Kier molecular flexibility index (Phi) is 6.10. The van der Waals surface area contributed by atoms with Gasteiger partial charge in [0.2, 0.25) is 0 Å². The van der Waals surface area contributed by atoms with E-state index in [0.29, 0.717) is 40.9 Å². The zero-order valence-corrected chi connectivity index (χ0v) is 16.6. The third kappa shape index (κ3) is 4.76. The molecule has 28 heavy (non-hydrogen) atoms. The first kappa shape index (κ1) is 20.0. The highest BCUT2D eigenvalue weighted by atomic mass is 32.2. The van der Waals surface area contributed by atoms with Crippen LogP contribution in [-0.4, -0.2) is 50.8 Å². The monoisotopic (exact) mass is 404 g/mol. The van der Waals surface area contributed by atoms with Crippen LogP contribution in [0.25, 0.3) is 0 Å². The number of nitrogens with zero attached hydrogens (tertiary/aromatic N) is 2.